The van der Waals surface area contributed by atoms with Gasteiger partial charge in [-0.3, -0.25) is 4.79 Å². The molecular weight excluding hydrogens is 280 g/mol. The zero-order chi connectivity index (χ0) is 15.5. The van der Waals surface area contributed by atoms with Crippen molar-refractivity contribution in [1.82, 2.24) is 9.97 Å². The highest BCUT2D eigenvalue weighted by Gasteiger charge is 2.23. The van der Waals surface area contributed by atoms with Crippen molar-refractivity contribution in [2.45, 2.75) is 12.3 Å². The topological polar surface area (TPSA) is 75.2 Å². The molecular formula is C17H16N2O3. The van der Waals surface area contributed by atoms with Crippen molar-refractivity contribution in [1.29, 1.82) is 0 Å². The maximum absolute atomic E-state index is 11.3. The lowest BCUT2D eigenvalue weighted by Gasteiger charge is -2.15. The zero-order valence-electron chi connectivity index (χ0n) is 12.1. The Labute approximate surface area is 127 Å². The number of carbonyl (C=O) groups is 1. The van der Waals surface area contributed by atoms with Crippen molar-refractivity contribution in [3.8, 4) is 5.75 Å². The van der Waals surface area contributed by atoms with Gasteiger partial charge in [-0.25, -0.2) is 4.98 Å². The molecule has 0 amide bonds. The van der Waals surface area contributed by atoms with Gasteiger partial charge in [0.05, 0.1) is 18.9 Å². The molecule has 0 saturated carbocycles. The minimum atomic E-state index is -0.842. The summed E-state index contributed by atoms with van der Waals surface area (Å²) in [7, 11) is 1.60. The van der Waals surface area contributed by atoms with Crippen molar-refractivity contribution >= 4 is 17.0 Å². The molecule has 1 atom stereocenters. The van der Waals surface area contributed by atoms with Gasteiger partial charge in [0.15, 0.2) is 0 Å². The summed E-state index contributed by atoms with van der Waals surface area (Å²) in [6.45, 7) is 0. The molecule has 3 rings (SSSR count). The Bertz CT molecular complexity index is 796. The molecule has 5 nitrogen and oxygen atoms in total. The number of H-pyrrole nitrogens is 1. The summed E-state index contributed by atoms with van der Waals surface area (Å²) in [4.78, 5) is 18.7. The Hall–Kier alpha value is -2.82. The largest absolute Gasteiger partial charge is 0.496 e. The molecule has 1 aromatic carbocycles. The molecule has 5 heteroatoms. The zero-order valence-corrected chi connectivity index (χ0v) is 12.1. The molecule has 0 fully saturated rings. The highest BCUT2D eigenvalue weighted by molar-refractivity contribution is 5.88. The Morgan fingerprint density at radius 3 is 2.77 bits per heavy atom. The van der Waals surface area contributed by atoms with E-state index < -0.39 is 5.97 Å². The summed E-state index contributed by atoms with van der Waals surface area (Å²) < 4.78 is 5.41. The SMILES string of the molecule is COc1ccnc2[nH]cc(C(CC(=O)O)c3ccccc3)c12. The van der Waals surface area contributed by atoms with Gasteiger partial charge in [-0.2, -0.15) is 0 Å². The van der Waals surface area contributed by atoms with Crippen LogP contribution in [0.1, 0.15) is 23.5 Å². The normalized spacial score (nSPS) is 12.2. The first-order chi connectivity index (χ1) is 10.7. The van der Waals surface area contributed by atoms with Gasteiger partial charge in [-0.05, 0) is 17.2 Å². The monoisotopic (exact) mass is 296 g/mol. The van der Waals surface area contributed by atoms with Gasteiger partial charge in [0.1, 0.15) is 11.4 Å². The molecule has 0 saturated heterocycles. The number of rotatable bonds is 5. The second kappa shape index (κ2) is 5.89. The van der Waals surface area contributed by atoms with E-state index in [0.717, 1.165) is 16.5 Å². The maximum atomic E-state index is 11.3. The van der Waals surface area contributed by atoms with E-state index in [1.165, 1.54) is 0 Å². The molecule has 0 radical (unpaired) electrons. The highest BCUT2D eigenvalue weighted by Crippen LogP contribution is 2.36. The van der Waals surface area contributed by atoms with E-state index in [0.29, 0.717) is 11.4 Å². The average Bonchev–Trinajstić information content (AvgIpc) is 2.97. The maximum Gasteiger partial charge on any atom is 0.304 e. The number of aromatic amines is 1. The fraction of sp³-hybridized carbons (Fsp3) is 0.176. The van der Waals surface area contributed by atoms with Gasteiger partial charge < -0.3 is 14.8 Å². The van der Waals surface area contributed by atoms with Crippen molar-refractivity contribution in [2.24, 2.45) is 0 Å². The van der Waals surface area contributed by atoms with E-state index in [-0.39, 0.29) is 12.3 Å². The molecule has 3 aromatic rings. The Morgan fingerprint density at radius 2 is 2.09 bits per heavy atom. The van der Waals surface area contributed by atoms with Crippen LogP contribution in [0.5, 0.6) is 5.75 Å². The fourth-order valence-electron chi connectivity index (χ4n) is 2.76. The van der Waals surface area contributed by atoms with E-state index in [2.05, 4.69) is 9.97 Å². The van der Waals surface area contributed by atoms with Crippen LogP contribution in [-0.4, -0.2) is 28.2 Å². The average molecular weight is 296 g/mol. The predicted octanol–water partition coefficient (Wildman–Crippen LogP) is 3.18. The molecule has 0 spiro atoms. The minimum absolute atomic E-state index is 0.00894. The summed E-state index contributed by atoms with van der Waals surface area (Å²) in [6.07, 6.45) is 3.49. The number of benzene rings is 1. The van der Waals surface area contributed by atoms with E-state index in [4.69, 9.17) is 4.74 Å². The van der Waals surface area contributed by atoms with Gasteiger partial charge in [0.2, 0.25) is 0 Å². The van der Waals surface area contributed by atoms with Crippen LogP contribution in [0.3, 0.4) is 0 Å². The molecule has 2 N–H and O–H groups in total. The third-order valence-electron chi connectivity index (χ3n) is 3.74. The van der Waals surface area contributed by atoms with Gasteiger partial charge in [0.25, 0.3) is 0 Å². The van der Waals surface area contributed by atoms with Crippen LogP contribution in [0.25, 0.3) is 11.0 Å². The number of hydrogen-bond acceptors (Lipinski definition) is 3. The number of nitrogens with zero attached hydrogens (tertiary/aromatic N) is 1. The Balaban J connectivity index is 2.18. The number of ether oxygens (including phenoxy) is 1. The van der Waals surface area contributed by atoms with Crippen molar-refractivity contribution in [2.75, 3.05) is 7.11 Å². The van der Waals surface area contributed by atoms with Crippen molar-refractivity contribution < 1.29 is 14.6 Å². The van der Waals surface area contributed by atoms with Crippen LogP contribution in [0.2, 0.25) is 0 Å². The van der Waals surface area contributed by atoms with E-state index in [1.807, 2.05) is 36.5 Å². The van der Waals surface area contributed by atoms with Gasteiger partial charge in [0, 0.05) is 18.3 Å². The lowest BCUT2D eigenvalue weighted by atomic mass is 9.88. The number of carboxylic acids is 1. The molecule has 2 heterocycles. The lowest BCUT2D eigenvalue weighted by molar-refractivity contribution is -0.137. The molecule has 2 aromatic heterocycles. The van der Waals surface area contributed by atoms with Crippen LogP contribution in [0.4, 0.5) is 0 Å². The molecule has 22 heavy (non-hydrogen) atoms. The summed E-state index contributed by atoms with van der Waals surface area (Å²) in [6, 6.07) is 11.4. The third-order valence-corrected chi connectivity index (χ3v) is 3.74. The molecule has 0 aliphatic rings. The molecule has 1 unspecified atom stereocenters. The smallest absolute Gasteiger partial charge is 0.304 e. The Morgan fingerprint density at radius 1 is 1.32 bits per heavy atom. The van der Waals surface area contributed by atoms with Crippen LogP contribution < -0.4 is 4.74 Å². The van der Waals surface area contributed by atoms with Crippen molar-refractivity contribution in [3.05, 3.63) is 59.9 Å². The number of aliphatic carboxylic acids is 1. The standard InChI is InChI=1S/C17H16N2O3/c1-22-14-7-8-18-17-16(14)13(10-19-17)12(9-15(20)21)11-5-3-2-4-6-11/h2-8,10,12H,9H2,1H3,(H,18,19)(H,20,21). The first-order valence-corrected chi connectivity index (χ1v) is 6.97. The second-order valence-corrected chi connectivity index (χ2v) is 5.04. The molecule has 112 valence electrons. The van der Waals surface area contributed by atoms with E-state index >= 15 is 0 Å². The van der Waals surface area contributed by atoms with Crippen LogP contribution in [0.15, 0.2) is 48.8 Å². The number of methoxy groups -OCH3 is 1. The van der Waals surface area contributed by atoms with Crippen molar-refractivity contribution in [3.63, 3.8) is 0 Å². The second-order valence-electron chi connectivity index (χ2n) is 5.04. The number of nitrogens with one attached hydrogen (secondary N) is 1. The number of hydrogen-bond donors (Lipinski definition) is 2. The number of pyridine rings is 1. The van der Waals surface area contributed by atoms with Crippen LogP contribution in [-0.2, 0) is 4.79 Å². The minimum Gasteiger partial charge on any atom is -0.496 e. The first-order valence-electron chi connectivity index (χ1n) is 6.97. The quantitative estimate of drug-likeness (QED) is 0.758. The summed E-state index contributed by atoms with van der Waals surface area (Å²) >= 11 is 0. The van der Waals surface area contributed by atoms with Crippen LogP contribution in [0, 0.1) is 0 Å². The summed E-state index contributed by atoms with van der Waals surface area (Å²) in [5, 5.41) is 10.1. The van der Waals surface area contributed by atoms with E-state index in [9.17, 15) is 9.90 Å². The lowest BCUT2D eigenvalue weighted by Crippen LogP contribution is -2.07. The molecule has 0 aliphatic heterocycles. The molecule has 0 bridgehead atoms. The molecule has 0 aliphatic carbocycles. The Kier molecular flexibility index (Phi) is 3.78. The van der Waals surface area contributed by atoms with Gasteiger partial charge in [-0.15, -0.1) is 0 Å². The highest BCUT2D eigenvalue weighted by atomic mass is 16.5. The third kappa shape index (κ3) is 2.53. The van der Waals surface area contributed by atoms with E-state index in [1.54, 1.807) is 19.4 Å². The first kappa shape index (κ1) is 14.1. The fourth-order valence-corrected chi connectivity index (χ4v) is 2.76. The number of aromatic nitrogens is 2. The summed E-state index contributed by atoms with van der Waals surface area (Å²) in [5.41, 5.74) is 2.53. The number of fused-ring (bicyclic) bond motifs is 1. The van der Waals surface area contributed by atoms with Gasteiger partial charge in [-0.1, -0.05) is 30.3 Å². The number of carboxylic acid groups (broad SMARTS) is 1. The van der Waals surface area contributed by atoms with Crippen LogP contribution >= 0.6 is 0 Å². The summed E-state index contributed by atoms with van der Waals surface area (Å²) in [5.74, 6) is -0.413. The predicted molar refractivity (Wildman–Crippen MR) is 83.2 cm³/mol. The van der Waals surface area contributed by atoms with Gasteiger partial charge >= 0.3 is 5.97 Å².